The lowest BCUT2D eigenvalue weighted by Crippen LogP contribution is -2.32. The fourth-order valence-corrected chi connectivity index (χ4v) is 8.23. The van der Waals surface area contributed by atoms with Gasteiger partial charge in [0.25, 0.3) is 13.4 Å². The van der Waals surface area contributed by atoms with Crippen molar-refractivity contribution in [2.45, 2.75) is 32.5 Å². The average molecular weight is 694 g/mol. The lowest BCUT2D eigenvalue weighted by atomic mass is 10.2. The van der Waals surface area contributed by atoms with E-state index >= 15 is 4.57 Å². The summed E-state index contributed by atoms with van der Waals surface area (Å²) in [4.78, 5) is 26.1. The summed E-state index contributed by atoms with van der Waals surface area (Å²) in [6.07, 6.45) is -3.38. The first kappa shape index (κ1) is 33.5. The Morgan fingerprint density at radius 3 is 2.13 bits per heavy atom. The highest BCUT2D eigenvalue weighted by molar-refractivity contribution is 7.71. The molecule has 0 saturated carbocycles. The third-order valence-electron chi connectivity index (χ3n) is 7.34. The molecule has 15 heteroatoms. The first-order chi connectivity index (χ1) is 21.9. The molecule has 1 saturated heterocycles. The maximum Gasteiger partial charge on any atom is 0.418 e. The lowest BCUT2D eigenvalue weighted by molar-refractivity contribution is -0.136. The zero-order valence-electron chi connectivity index (χ0n) is 24.5. The minimum absolute atomic E-state index is 0.00721. The maximum absolute atomic E-state index is 15.2. The van der Waals surface area contributed by atoms with E-state index in [2.05, 4.69) is 15.5 Å². The standard InChI is InChI=1S/C31H29Cl2F3N5O4P/c1-20-27(46(44,40-16-4-5-17-40)39-26-7-3-2-6-25(26)31(34,35)36)28(37-29(42)21-8-12-23(32)13-9-21)41(38-20)18-19-45-30(43)22-10-14-24(33)15-11-22/h2-3,6-15H,4-5,16-19H2,1H3,(H,37,42)(H,39,44). The molecule has 3 aromatic carbocycles. The van der Waals surface area contributed by atoms with E-state index in [9.17, 15) is 22.8 Å². The minimum Gasteiger partial charge on any atom is -0.460 e. The van der Waals surface area contributed by atoms with Gasteiger partial charge in [-0.2, -0.15) is 18.3 Å². The van der Waals surface area contributed by atoms with Crippen LogP contribution in [-0.2, 0) is 22.0 Å². The summed E-state index contributed by atoms with van der Waals surface area (Å²) in [7, 11) is -4.11. The van der Waals surface area contributed by atoms with Gasteiger partial charge in [-0.25, -0.2) is 14.1 Å². The second-order valence-electron chi connectivity index (χ2n) is 10.5. The zero-order chi connectivity index (χ0) is 33.1. The SMILES string of the molecule is Cc1nn(CCOC(=O)c2ccc(Cl)cc2)c(NC(=O)c2ccc(Cl)cc2)c1P(=O)(Nc1ccccc1C(F)(F)F)N1CCCC1. The van der Waals surface area contributed by atoms with Gasteiger partial charge in [0.15, 0.2) is 0 Å². The number of nitrogens with one attached hydrogen (secondary N) is 2. The van der Waals surface area contributed by atoms with Crippen molar-refractivity contribution >= 4 is 59.3 Å². The number of rotatable bonds is 10. The first-order valence-electron chi connectivity index (χ1n) is 14.2. The molecule has 0 radical (unpaired) electrons. The Bertz CT molecular complexity index is 1780. The Morgan fingerprint density at radius 2 is 1.52 bits per heavy atom. The zero-order valence-corrected chi connectivity index (χ0v) is 26.9. The van der Waals surface area contributed by atoms with E-state index in [0.717, 1.165) is 6.07 Å². The molecule has 5 rings (SSSR count). The van der Waals surface area contributed by atoms with Gasteiger partial charge < -0.3 is 15.1 Å². The van der Waals surface area contributed by atoms with Crippen molar-refractivity contribution in [3.63, 3.8) is 0 Å². The monoisotopic (exact) mass is 693 g/mol. The van der Waals surface area contributed by atoms with Crippen LogP contribution >= 0.6 is 30.6 Å². The van der Waals surface area contributed by atoms with E-state index in [-0.39, 0.29) is 46.8 Å². The third kappa shape index (κ3) is 7.41. The fraction of sp³-hybridized carbons (Fsp3) is 0.258. The Labute approximate surface area is 273 Å². The summed E-state index contributed by atoms with van der Waals surface area (Å²) in [5.41, 5.74) is -0.655. The van der Waals surface area contributed by atoms with Gasteiger partial charge in [0.2, 0.25) is 0 Å². The summed E-state index contributed by atoms with van der Waals surface area (Å²) >= 11 is 11.9. The molecular formula is C31H29Cl2F3N5O4P. The summed E-state index contributed by atoms with van der Waals surface area (Å²) in [6, 6.07) is 17.0. The van der Waals surface area contributed by atoms with Gasteiger partial charge >= 0.3 is 12.1 Å². The molecule has 1 aliphatic rings. The molecule has 1 unspecified atom stereocenters. The van der Waals surface area contributed by atoms with Crippen molar-refractivity contribution in [1.29, 1.82) is 0 Å². The molecule has 1 fully saturated rings. The number of alkyl halides is 3. The van der Waals surface area contributed by atoms with E-state index in [0.29, 0.717) is 36.0 Å². The first-order valence-corrected chi connectivity index (χ1v) is 16.7. The van der Waals surface area contributed by atoms with Crippen molar-refractivity contribution in [2.24, 2.45) is 0 Å². The Morgan fingerprint density at radius 1 is 0.935 bits per heavy atom. The van der Waals surface area contributed by atoms with Crippen LogP contribution in [0.2, 0.25) is 10.0 Å². The molecular weight excluding hydrogens is 665 g/mol. The largest absolute Gasteiger partial charge is 0.460 e. The van der Waals surface area contributed by atoms with Gasteiger partial charge in [0.1, 0.15) is 17.7 Å². The highest BCUT2D eigenvalue weighted by Crippen LogP contribution is 2.54. The van der Waals surface area contributed by atoms with Crippen LogP contribution in [0.25, 0.3) is 0 Å². The van der Waals surface area contributed by atoms with Crippen LogP contribution in [0.4, 0.5) is 24.7 Å². The van der Waals surface area contributed by atoms with Gasteiger partial charge in [-0.3, -0.25) is 9.36 Å². The summed E-state index contributed by atoms with van der Waals surface area (Å²) < 4.78 is 65.6. The Kier molecular flexibility index (Phi) is 10.1. The second kappa shape index (κ2) is 13.9. The minimum atomic E-state index is -4.72. The van der Waals surface area contributed by atoms with Crippen LogP contribution in [0.15, 0.2) is 72.8 Å². The van der Waals surface area contributed by atoms with Gasteiger partial charge in [0, 0.05) is 28.7 Å². The van der Waals surface area contributed by atoms with Gasteiger partial charge in [-0.15, -0.1) is 0 Å². The number of amides is 1. The second-order valence-corrected chi connectivity index (χ2v) is 13.8. The van der Waals surface area contributed by atoms with Crippen LogP contribution in [0.5, 0.6) is 0 Å². The predicted molar refractivity (Wildman–Crippen MR) is 171 cm³/mol. The number of ether oxygens (including phenoxy) is 1. The van der Waals surface area contributed by atoms with E-state index in [1.54, 1.807) is 23.7 Å². The van der Waals surface area contributed by atoms with Crippen molar-refractivity contribution in [2.75, 3.05) is 30.1 Å². The van der Waals surface area contributed by atoms with E-state index in [1.807, 2.05) is 0 Å². The summed E-state index contributed by atoms with van der Waals surface area (Å²) in [6.45, 7) is 1.97. The molecule has 1 aliphatic heterocycles. The van der Waals surface area contributed by atoms with Gasteiger partial charge in [0.05, 0.1) is 29.1 Å². The number of anilines is 2. The smallest absolute Gasteiger partial charge is 0.418 e. The van der Waals surface area contributed by atoms with E-state index in [4.69, 9.17) is 27.9 Å². The molecule has 242 valence electrons. The van der Waals surface area contributed by atoms with Gasteiger partial charge in [-0.05, 0) is 80.4 Å². The molecule has 2 N–H and O–H groups in total. The molecule has 0 spiro atoms. The topological polar surface area (TPSA) is 106 Å². The fourth-order valence-electron chi connectivity index (χ4n) is 5.14. The number of nitrogens with zero attached hydrogens (tertiary/aromatic N) is 3. The molecule has 0 aliphatic carbocycles. The number of halogens is 5. The van der Waals surface area contributed by atoms with E-state index in [1.165, 1.54) is 59.3 Å². The van der Waals surface area contributed by atoms with E-state index < -0.39 is 31.1 Å². The molecule has 4 aromatic rings. The number of aryl methyl sites for hydroxylation is 1. The van der Waals surface area contributed by atoms with Crippen molar-refractivity contribution in [3.8, 4) is 0 Å². The van der Waals surface area contributed by atoms with Crippen molar-refractivity contribution in [1.82, 2.24) is 14.5 Å². The van der Waals surface area contributed by atoms with Crippen molar-refractivity contribution in [3.05, 3.63) is 105 Å². The normalized spacial score (nSPS) is 14.9. The van der Waals surface area contributed by atoms with Crippen molar-refractivity contribution < 1.29 is 32.1 Å². The van der Waals surface area contributed by atoms with Crippen LogP contribution < -0.4 is 15.7 Å². The number of hydrogen-bond acceptors (Lipinski definition) is 5. The number of carbonyl (C=O) groups excluding carboxylic acids is 2. The average Bonchev–Trinajstić information content (AvgIpc) is 3.66. The number of carbonyl (C=O) groups is 2. The molecule has 2 heterocycles. The number of hydrogen-bond donors (Lipinski definition) is 2. The van der Waals surface area contributed by atoms with Gasteiger partial charge in [-0.1, -0.05) is 35.3 Å². The molecule has 1 aromatic heterocycles. The quantitative estimate of drug-likeness (QED) is 0.130. The number of aromatic nitrogens is 2. The highest BCUT2D eigenvalue weighted by atomic mass is 35.5. The number of para-hydroxylation sites is 1. The highest BCUT2D eigenvalue weighted by Gasteiger charge is 2.43. The van der Waals surface area contributed by atoms with Crippen LogP contribution in [0.3, 0.4) is 0 Å². The lowest BCUT2D eigenvalue weighted by Gasteiger charge is -2.31. The Balaban J connectivity index is 1.55. The Hall–Kier alpha value is -3.83. The number of esters is 1. The molecule has 0 bridgehead atoms. The summed E-state index contributed by atoms with van der Waals surface area (Å²) in [5, 5.41) is 10.9. The third-order valence-corrected chi connectivity index (χ3v) is 10.7. The molecule has 1 atom stereocenters. The number of benzene rings is 3. The van der Waals surface area contributed by atoms with Crippen LogP contribution in [0, 0.1) is 6.92 Å². The predicted octanol–water partition coefficient (Wildman–Crippen LogP) is 7.65. The van der Waals surface area contributed by atoms with Crippen LogP contribution in [0.1, 0.15) is 44.8 Å². The molecule has 9 nitrogen and oxygen atoms in total. The summed E-state index contributed by atoms with van der Waals surface area (Å²) in [5.74, 6) is -1.23. The molecule has 46 heavy (non-hydrogen) atoms. The molecule has 1 amide bonds. The maximum atomic E-state index is 15.2. The van der Waals surface area contributed by atoms with Crippen LogP contribution in [-0.4, -0.2) is 46.0 Å².